The summed E-state index contributed by atoms with van der Waals surface area (Å²) in [5.74, 6) is -1.58. The Morgan fingerprint density at radius 3 is 2.69 bits per heavy atom. The van der Waals surface area contributed by atoms with E-state index < -0.39 is 35.1 Å². The zero-order valence-electron chi connectivity index (χ0n) is 7.65. The molecule has 0 unspecified atom stereocenters. The van der Waals surface area contributed by atoms with E-state index in [-0.39, 0.29) is 5.56 Å². The maximum atomic E-state index is 12.9. The predicted molar refractivity (Wildman–Crippen MR) is 45.1 cm³/mol. The first-order chi connectivity index (χ1) is 7.47. The average molecular weight is 231 g/mol. The van der Waals surface area contributed by atoms with Gasteiger partial charge in [0.2, 0.25) is 0 Å². The first-order valence-electron chi connectivity index (χ1n) is 3.96. The molecule has 0 saturated carbocycles. The normalized spacial score (nSPS) is 10.2. The molecule has 0 aromatic carbocycles. The molecule has 0 amide bonds. The van der Waals surface area contributed by atoms with Gasteiger partial charge in [-0.3, -0.25) is 10.1 Å². The van der Waals surface area contributed by atoms with Crippen molar-refractivity contribution >= 4 is 5.69 Å². The van der Waals surface area contributed by atoms with E-state index in [1.54, 1.807) is 6.07 Å². The summed E-state index contributed by atoms with van der Waals surface area (Å²) in [6.45, 7) is 0. The molecular weight excluding hydrogens is 227 g/mol. The van der Waals surface area contributed by atoms with E-state index in [9.17, 15) is 23.3 Å². The molecule has 0 N–H and O–H groups in total. The largest absolute Gasteiger partial charge is 0.324 e. The van der Waals surface area contributed by atoms with Crippen molar-refractivity contribution in [2.24, 2.45) is 0 Å². The molecule has 1 heterocycles. The molecular formula is C8H4F3N3O2. The second-order valence-corrected chi connectivity index (χ2v) is 2.74. The van der Waals surface area contributed by atoms with Crippen LogP contribution in [0.3, 0.4) is 0 Å². The molecule has 0 aliphatic heterocycles. The summed E-state index contributed by atoms with van der Waals surface area (Å²) >= 11 is 0. The Balaban J connectivity index is 3.38. The summed E-state index contributed by atoms with van der Waals surface area (Å²) in [7, 11) is 0. The number of halogens is 3. The Bertz CT molecular complexity index is 470. The van der Waals surface area contributed by atoms with Gasteiger partial charge < -0.3 is 0 Å². The number of alkyl halides is 2. The van der Waals surface area contributed by atoms with Gasteiger partial charge in [-0.1, -0.05) is 0 Å². The first kappa shape index (κ1) is 11.9. The van der Waals surface area contributed by atoms with Crippen LogP contribution >= 0.6 is 0 Å². The Labute approximate surface area is 87.3 Å². The SMILES string of the molecule is N#CCc1cc([N+](=O)[O-])c(F)nc1C(F)F. The topological polar surface area (TPSA) is 79.8 Å². The molecule has 0 saturated heterocycles. The van der Waals surface area contributed by atoms with Crippen molar-refractivity contribution in [2.75, 3.05) is 0 Å². The lowest BCUT2D eigenvalue weighted by Crippen LogP contribution is -2.04. The van der Waals surface area contributed by atoms with E-state index in [2.05, 4.69) is 4.98 Å². The number of hydrogen-bond donors (Lipinski definition) is 0. The second-order valence-electron chi connectivity index (χ2n) is 2.74. The molecule has 1 rings (SSSR count). The molecule has 0 atom stereocenters. The molecule has 16 heavy (non-hydrogen) atoms. The predicted octanol–water partition coefficient (Wildman–Crippen LogP) is 2.13. The van der Waals surface area contributed by atoms with E-state index in [1.165, 1.54) is 0 Å². The summed E-state index contributed by atoms with van der Waals surface area (Å²) in [6, 6.07) is 2.15. The second kappa shape index (κ2) is 4.57. The van der Waals surface area contributed by atoms with Crippen LogP contribution in [-0.2, 0) is 6.42 Å². The fraction of sp³-hybridized carbons (Fsp3) is 0.250. The van der Waals surface area contributed by atoms with Gasteiger partial charge in [0.05, 0.1) is 17.4 Å². The molecule has 0 aliphatic rings. The highest BCUT2D eigenvalue weighted by Gasteiger charge is 2.23. The summed E-state index contributed by atoms with van der Waals surface area (Å²) in [5, 5.41) is 18.7. The average Bonchev–Trinajstić information content (AvgIpc) is 2.19. The van der Waals surface area contributed by atoms with Crippen LogP contribution < -0.4 is 0 Å². The fourth-order valence-electron chi connectivity index (χ4n) is 1.08. The van der Waals surface area contributed by atoms with Crippen molar-refractivity contribution in [3.05, 3.63) is 33.4 Å². The zero-order chi connectivity index (χ0) is 12.3. The van der Waals surface area contributed by atoms with E-state index in [0.717, 1.165) is 0 Å². The van der Waals surface area contributed by atoms with E-state index in [1.807, 2.05) is 0 Å². The van der Waals surface area contributed by atoms with E-state index >= 15 is 0 Å². The Morgan fingerprint density at radius 1 is 1.62 bits per heavy atom. The Kier molecular flexibility index (Phi) is 3.40. The van der Waals surface area contributed by atoms with Crippen LogP contribution in [0.5, 0.6) is 0 Å². The molecule has 8 heteroatoms. The molecule has 0 fully saturated rings. The van der Waals surface area contributed by atoms with Crippen LogP contribution in [0, 0.1) is 27.4 Å². The minimum Gasteiger partial charge on any atom is -0.258 e. The van der Waals surface area contributed by atoms with Crippen molar-refractivity contribution in [3.63, 3.8) is 0 Å². The molecule has 1 aromatic rings. The van der Waals surface area contributed by atoms with E-state index in [4.69, 9.17) is 5.26 Å². The lowest BCUT2D eigenvalue weighted by Gasteiger charge is -2.04. The maximum absolute atomic E-state index is 12.9. The monoisotopic (exact) mass is 231 g/mol. The standard InChI is InChI=1S/C8H4F3N3O2/c9-7(10)6-4(1-2-12)3-5(14(15)16)8(11)13-6/h3,7H,1H2. The van der Waals surface area contributed by atoms with Gasteiger partial charge in [-0.2, -0.15) is 9.65 Å². The highest BCUT2D eigenvalue weighted by Crippen LogP contribution is 2.26. The zero-order valence-corrected chi connectivity index (χ0v) is 7.65. The first-order valence-corrected chi connectivity index (χ1v) is 3.96. The molecule has 0 spiro atoms. The molecule has 1 aromatic heterocycles. The van der Waals surface area contributed by atoms with Gasteiger partial charge in [0.25, 0.3) is 12.4 Å². The highest BCUT2D eigenvalue weighted by molar-refractivity contribution is 5.37. The van der Waals surface area contributed by atoms with Gasteiger partial charge in [-0.05, 0) is 0 Å². The van der Waals surface area contributed by atoms with Crippen LogP contribution in [0.15, 0.2) is 6.07 Å². The number of nitro groups is 1. The number of nitriles is 1. The van der Waals surface area contributed by atoms with Gasteiger partial charge in [-0.15, -0.1) is 0 Å². The van der Waals surface area contributed by atoms with Crippen LogP contribution in [0.2, 0.25) is 0 Å². The number of rotatable bonds is 3. The third-order valence-electron chi connectivity index (χ3n) is 1.74. The van der Waals surface area contributed by atoms with E-state index in [0.29, 0.717) is 6.07 Å². The third kappa shape index (κ3) is 2.25. The lowest BCUT2D eigenvalue weighted by atomic mass is 10.1. The van der Waals surface area contributed by atoms with Crippen LogP contribution in [0.4, 0.5) is 18.9 Å². The fourth-order valence-corrected chi connectivity index (χ4v) is 1.08. The van der Waals surface area contributed by atoms with Gasteiger partial charge in [0.1, 0.15) is 5.69 Å². The van der Waals surface area contributed by atoms with Crippen LogP contribution in [0.25, 0.3) is 0 Å². The summed E-state index contributed by atoms with van der Waals surface area (Å²) < 4.78 is 37.6. The van der Waals surface area contributed by atoms with Gasteiger partial charge in [0.15, 0.2) is 0 Å². The minimum atomic E-state index is -3.08. The smallest absolute Gasteiger partial charge is 0.258 e. The lowest BCUT2D eigenvalue weighted by molar-refractivity contribution is -0.388. The van der Waals surface area contributed by atoms with Crippen molar-refractivity contribution in [1.82, 2.24) is 4.98 Å². The summed E-state index contributed by atoms with van der Waals surface area (Å²) in [6.07, 6.45) is -3.58. The number of aromatic nitrogens is 1. The third-order valence-corrected chi connectivity index (χ3v) is 1.74. The number of nitrogens with zero attached hydrogens (tertiary/aromatic N) is 3. The van der Waals surface area contributed by atoms with Gasteiger partial charge in [-0.25, -0.2) is 13.8 Å². The number of hydrogen-bond acceptors (Lipinski definition) is 4. The van der Waals surface area contributed by atoms with Gasteiger partial charge >= 0.3 is 5.69 Å². The highest BCUT2D eigenvalue weighted by atomic mass is 19.3. The Hall–Kier alpha value is -2.17. The Morgan fingerprint density at radius 2 is 2.25 bits per heavy atom. The number of pyridine rings is 1. The van der Waals surface area contributed by atoms with Crippen molar-refractivity contribution < 1.29 is 18.1 Å². The van der Waals surface area contributed by atoms with Crippen molar-refractivity contribution in [2.45, 2.75) is 12.8 Å². The van der Waals surface area contributed by atoms with Gasteiger partial charge in [0, 0.05) is 11.6 Å². The quantitative estimate of drug-likeness (QED) is 0.453. The molecule has 0 radical (unpaired) electrons. The molecule has 0 bridgehead atoms. The summed E-state index contributed by atoms with van der Waals surface area (Å²) in [5.41, 5.74) is -2.30. The van der Waals surface area contributed by atoms with Crippen LogP contribution in [-0.4, -0.2) is 9.91 Å². The van der Waals surface area contributed by atoms with Crippen LogP contribution in [0.1, 0.15) is 17.7 Å². The molecule has 0 aliphatic carbocycles. The summed E-state index contributed by atoms with van der Waals surface area (Å²) in [4.78, 5) is 12.0. The molecule has 84 valence electrons. The van der Waals surface area contributed by atoms with Crippen molar-refractivity contribution in [1.29, 1.82) is 5.26 Å². The minimum absolute atomic E-state index is 0.342. The maximum Gasteiger partial charge on any atom is 0.324 e. The molecule has 5 nitrogen and oxygen atoms in total. The van der Waals surface area contributed by atoms with Crippen molar-refractivity contribution in [3.8, 4) is 6.07 Å².